The third kappa shape index (κ3) is 3.45. The molecule has 2 aromatic carbocycles. The molecule has 0 bridgehead atoms. The van der Waals surface area contributed by atoms with Crippen molar-refractivity contribution in [2.45, 2.75) is 13.5 Å². The standard InChI is InChI=1S/C17H12F2N2O3/c1-10-4-2-3-5-14(10)16-20-15(24-21-16)9-23-17(22)11-6-12(18)8-13(19)7-11/h2-8H,9H2,1H3. The Labute approximate surface area is 135 Å². The Morgan fingerprint density at radius 2 is 1.88 bits per heavy atom. The molecule has 0 atom stereocenters. The van der Waals surface area contributed by atoms with Crippen molar-refractivity contribution in [3.05, 3.63) is 71.1 Å². The average molecular weight is 330 g/mol. The average Bonchev–Trinajstić information content (AvgIpc) is 3.01. The minimum atomic E-state index is -0.885. The van der Waals surface area contributed by atoms with Gasteiger partial charge in [-0.3, -0.25) is 0 Å². The molecule has 1 heterocycles. The van der Waals surface area contributed by atoms with Crippen molar-refractivity contribution in [2.24, 2.45) is 0 Å². The fourth-order valence-electron chi connectivity index (χ4n) is 2.13. The molecule has 0 saturated carbocycles. The van der Waals surface area contributed by atoms with Gasteiger partial charge in [-0.15, -0.1) is 0 Å². The quantitative estimate of drug-likeness (QED) is 0.683. The normalized spacial score (nSPS) is 10.6. The van der Waals surface area contributed by atoms with Gasteiger partial charge >= 0.3 is 5.97 Å². The predicted molar refractivity (Wildman–Crippen MR) is 79.9 cm³/mol. The maximum atomic E-state index is 13.1. The van der Waals surface area contributed by atoms with E-state index >= 15 is 0 Å². The first-order valence-electron chi connectivity index (χ1n) is 7.05. The zero-order chi connectivity index (χ0) is 17.1. The number of aryl methyl sites for hydroxylation is 1. The molecule has 0 radical (unpaired) electrons. The fourth-order valence-corrected chi connectivity index (χ4v) is 2.13. The van der Waals surface area contributed by atoms with Crippen LogP contribution in [0.1, 0.15) is 21.8 Å². The maximum absolute atomic E-state index is 13.1. The number of aromatic nitrogens is 2. The summed E-state index contributed by atoms with van der Waals surface area (Å²) >= 11 is 0. The molecule has 0 N–H and O–H groups in total. The van der Waals surface area contributed by atoms with E-state index in [2.05, 4.69) is 10.1 Å². The van der Waals surface area contributed by atoms with Gasteiger partial charge in [0, 0.05) is 11.6 Å². The van der Waals surface area contributed by atoms with Crippen molar-refractivity contribution in [2.75, 3.05) is 0 Å². The summed E-state index contributed by atoms with van der Waals surface area (Å²) in [6.07, 6.45) is 0. The smallest absolute Gasteiger partial charge is 0.338 e. The summed E-state index contributed by atoms with van der Waals surface area (Å²) in [7, 11) is 0. The largest absolute Gasteiger partial charge is 0.452 e. The summed E-state index contributed by atoms with van der Waals surface area (Å²) in [5.74, 6) is -2.15. The Balaban J connectivity index is 1.69. The van der Waals surface area contributed by atoms with E-state index in [1.807, 2.05) is 31.2 Å². The lowest BCUT2D eigenvalue weighted by Gasteiger charge is -2.02. The van der Waals surface area contributed by atoms with Crippen molar-refractivity contribution >= 4 is 5.97 Å². The summed E-state index contributed by atoms with van der Waals surface area (Å²) in [6, 6.07) is 9.92. The number of carbonyl (C=O) groups is 1. The molecule has 0 fully saturated rings. The molecule has 24 heavy (non-hydrogen) atoms. The fraction of sp³-hybridized carbons (Fsp3) is 0.118. The number of carbonyl (C=O) groups excluding carboxylic acids is 1. The first kappa shape index (κ1) is 15.8. The van der Waals surface area contributed by atoms with Gasteiger partial charge in [0.2, 0.25) is 5.82 Å². The van der Waals surface area contributed by atoms with E-state index in [0.29, 0.717) is 11.9 Å². The second-order valence-corrected chi connectivity index (χ2v) is 5.06. The predicted octanol–water partition coefficient (Wildman–Crippen LogP) is 3.68. The highest BCUT2D eigenvalue weighted by Gasteiger charge is 2.14. The molecular formula is C17H12F2N2O3. The van der Waals surface area contributed by atoms with Crippen molar-refractivity contribution in [3.8, 4) is 11.4 Å². The zero-order valence-electron chi connectivity index (χ0n) is 12.6. The summed E-state index contributed by atoms with van der Waals surface area (Å²) in [5, 5.41) is 3.83. The third-order valence-electron chi connectivity index (χ3n) is 3.28. The molecular weight excluding hydrogens is 318 g/mol. The lowest BCUT2D eigenvalue weighted by atomic mass is 10.1. The number of ether oxygens (including phenoxy) is 1. The second-order valence-electron chi connectivity index (χ2n) is 5.06. The Bertz CT molecular complexity index is 873. The highest BCUT2D eigenvalue weighted by molar-refractivity contribution is 5.89. The van der Waals surface area contributed by atoms with Crippen LogP contribution in [0.3, 0.4) is 0 Å². The monoisotopic (exact) mass is 330 g/mol. The van der Waals surface area contributed by atoms with Crippen LogP contribution in [0.15, 0.2) is 47.0 Å². The van der Waals surface area contributed by atoms with Crippen molar-refractivity contribution in [1.82, 2.24) is 10.1 Å². The molecule has 3 aromatic rings. The maximum Gasteiger partial charge on any atom is 0.338 e. The highest BCUT2D eigenvalue weighted by Crippen LogP contribution is 2.20. The van der Waals surface area contributed by atoms with Crippen LogP contribution in [0, 0.1) is 18.6 Å². The summed E-state index contributed by atoms with van der Waals surface area (Å²) in [5.41, 5.74) is 1.54. The van der Waals surface area contributed by atoms with Gasteiger partial charge in [0.25, 0.3) is 5.89 Å². The van der Waals surface area contributed by atoms with Crippen LogP contribution in [0.25, 0.3) is 11.4 Å². The SMILES string of the molecule is Cc1ccccc1-c1noc(COC(=O)c2cc(F)cc(F)c2)n1. The number of hydrogen-bond acceptors (Lipinski definition) is 5. The molecule has 0 spiro atoms. The molecule has 0 amide bonds. The van der Waals surface area contributed by atoms with Crippen LogP contribution in [-0.2, 0) is 11.3 Å². The molecule has 7 heteroatoms. The van der Waals surface area contributed by atoms with E-state index in [9.17, 15) is 13.6 Å². The van der Waals surface area contributed by atoms with Crippen molar-refractivity contribution < 1.29 is 22.8 Å². The summed E-state index contributed by atoms with van der Waals surface area (Å²) < 4.78 is 36.1. The van der Waals surface area contributed by atoms with Crippen molar-refractivity contribution in [1.29, 1.82) is 0 Å². The first-order chi connectivity index (χ1) is 11.5. The van der Waals surface area contributed by atoms with Gasteiger partial charge in [-0.1, -0.05) is 29.4 Å². The van der Waals surface area contributed by atoms with Crippen LogP contribution < -0.4 is 0 Å². The van der Waals surface area contributed by atoms with E-state index in [0.717, 1.165) is 23.3 Å². The van der Waals surface area contributed by atoms with E-state index in [1.165, 1.54) is 0 Å². The van der Waals surface area contributed by atoms with Gasteiger partial charge in [-0.25, -0.2) is 13.6 Å². The van der Waals surface area contributed by atoms with Crippen molar-refractivity contribution in [3.63, 3.8) is 0 Å². The number of hydrogen-bond donors (Lipinski definition) is 0. The molecule has 0 saturated heterocycles. The van der Waals surface area contributed by atoms with E-state index in [-0.39, 0.29) is 18.1 Å². The Kier molecular flexibility index (Phi) is 4.33. The Morgan fingerprint density at radius 3 is 2.58 bits per heavy atom. The number of halogens is 2. The number of esters is 1. The molecule has 0 aliphatic carbocycles. The Morgan fingerprint density at radius 1 is 1.17 bits per heavy atom. The highest BCUT2D eigenvalue weighted by atomic mass is 19.1. The molecule has 5 nitrogen and oxygen atoms in total. The third-order valence-corrected chi connectivity index (χ3v) is 3.28. The first-order valence-corrected chi connectivity index (χ1v) is 7.05. The minimum Gasteiger partial charge on any atom is -0.452 e. The second kappa shape index (κ2) is 6.57. The molecule has 0 aliphatic heterocycles. The summed E-state index contributed by atoms with van der Waals surface area (Å²) in [6.45, 7) is 1.61. The van der Waals surface area contributed by atoms with Gasteiger partial charge < -0.3 is 9.26 Å². The number of benzene rings is 2. The van der Waals surface area contributed by atoms with Crippen LogP contribution in [-0.4, -0.2) is 16.1 Å². The van der Waals surface area contributed by atoms with Crippen LogP contribution >= 0.6 is 0 Å². The van der Waals surface area contributed by atoms with E-state index in [4.69, 9.17) is 9.26 Å². The molecule has 3 rings (SSSR count). The van der Waals surface area contributed by atoms with Gasteiger partial charge in [0.05, 0.1) is 5.56 Å². The summed E-state index contributed by atoms with van der Waals surface area (Å²) in [4.78, 5) is 15.9. The Hall–Kier alpha value is -3.09. The molecule has 1 aromatic heterocycles. The zero-order valence-corrected chi connectivity index (χ0v) is 12.6. The number of nitrogens with zero attached hydrogens (tertiary/aromatic N) is 2. The lowest BCUT2D eigenvalue weighted by Crippen LogP contribution is -2.06. The molecule has 0 aliphatic rings. The topological polar surface area (TPSA) is 65.2 Å². The van der Waals surface area contributed by atoms with Gasteiger partial charge in [0.1, 0.15) is 11.6 Å². The van der Waals surface area contributed by atoms with Gasteiger partial charge in [-0.05, 0) is 24.6 Å². The minimum absolute atomic E-state index is 0.0819. The lowest BCUT2D eigenvalue weighted by molar-refractivity contribution is 0.0428. The van der Waals surface area contributed by atoms with E-state index in [1.54, 1.807) is 0 Å². The molecule has 0 unspecified atom stereocenters. The van der Waals surface area contributed by atoms with Gasteiger partial charge in [0.15, 0.2) is 6.61 Å². The number of rotatable bonds is 4. The van der Waals surface area contributed by atoms with Crippen LogP contribution in [0.5, 0.6) is 0 Å². The van der Waals surface area contributed by atoms with Gasteiger partial charge in [-0.2, -0.15) is 4.98 Å². The van der Waals surface area contributed by atoms with Crippen LogP contribution in [0.2, 0.25) is 0 Å². The van der Waals surface area contributed by atoms with E-state index < -0.39 is 17.6 Å². The molecule has 122 valence electrons. The van der Waals surface area contributed by atoms with Crippen LogP contribution in [0.4, 0.5) is 8.78 Å².